The molecule has 3 aromatic carbocycles. The lowest BCUT2D eigenvalue weighted by Gasteiger charge is -2.23. The molecule has 0 spiro atoms. The van der Waals surface area contributed by atoms with E-state index < -0.39 is 21.1 Å². The van der Waals surface area contributed by atoms with Gasteiger partial charge in [0, 0.05) is 15.7 Å². The van der Waals surface area contributed by atoms with Gasteiger partial charge in [-0.1, -0.05) is 77.8 Å². The van der Waals surface area contributed by atoms with Crippen molar-refractivity contribution in [3.05, 3.63) is 105 Å². The molecule has 29 heavy (non-hydrogen) atoms. The van der Waals surface area contributed by atoms with E-state index in [9.17, 15) is 13.2 Å². The van der Waals surface area contributed by atoms with Crippen molar-refractivity contribution >= 4 is 50.7 Å². The summed E-state index contributed by atoms with van der Waals surface area (Å²) >= 11 is 12.1. The van der Waals surface area contributed by atoms with E-state index in [0.717, 1.165) is 0 Å². The van der Waals surface area contributed by atoms with Crippen molar-refractivity contribution in [3.63, 3.8) is 0 Å². The fraction of sp³-hybridized carbons (Fsp3) is 0.0455. The highest BCUT2D eigenvalue weighted by Crippen LogP contribution is 2.43. The third kappa shape index (κ3) is 3.57. The first-order valence-electron chi connectivity index (χ1n) is 8.74. The van der Waals surface area contributed by atoms with Crippen LogP contribution in [0.1, 0.15) is 16.5 Å². The molecule has 1 heterocycles. The topological polar surface area (TPSA) is 54.5 Å². The van der Waals surface area contributed by atoms with Crippen molar-refractivity contribution in [3.8, 4) is 0 Å². The number of hydrogen-bond donors (Lipinski definition) is 0. The minimum absolute atomic E-state index is 0.266. The van der Waals surface area contributed by atoms with Gasteiger partial charge in [0.05, 0.1) is 0 Å². The summed E-state index contributed by atoms with van der Waals surface area (Å²) in [5, 5.41) is -0.468. The van der Waals surface area contributed by atoms with Crippen molar-refractivity contribution in [2.24, 2.45) is 0 Å². The van der Waals surface area contributed by atoms with E-state index in [1.165, 1.54) is 17.0 Å². The molecule has 1 amide bonds. The molecule has 4 rings (SSSR count). The highest BCUT2D eigenvalue weighted by molar-refractivity contribution is 7.97. The number of rotatable bonds is 3. The predicted molar refractivity (Wildman–Crippen MR) is 116 cm³/mol. The van der Waals surface area contributed by atoms with Crippen LogP contribution in [0.4, 0.5) is 5.69 Å². The van der Waals surface area contributed by atoms with Crippen LogP contribution < -0.4 is 4.90 Å². The molecule has 1 atom stereocenters. The third-order valence-electron chi connectivity index (χ3n) is 4.63. The predicted octanol–water partition coefficient (Wildman–Crippen LogP) is 5.49. The maximum atomic E-state index is 13.5. The van der Waals surface area contributed by atoms with Crippen molar-refractivity contribution < 1.29 is 13.2 Å². The van der Waals surface area contributed by atoms with Gasteiger partial charge in [-0.25, -0.2) is 8.42 Å². The fourth-order valence-electron chi connectivity index (χ4n) is 3.30. The Morgan fingerprint density at radius 2 is 1.48 bits per heavy atom. The normalized spacial score (nSPS) is 19.7. The summed E-state index contributed by atoms with van der Waals surface area (Å²) in [6.07, 6.45) is 1.31. The summed E-state index contributed by atoms with van der Waals surface area (Å²) in [5.74, 6) is -0.601. The maximum absolute atomic E-state index is 13.5. The number of amides is 1. The summed E-state index contributed by atoms with van der Waals surface area (Å²) < 4.78 is 26.9. The summed E-state index contributed by atoms with van der Waals surface area (Å²) in [4.78, 5) is 14.3. The van der Waals surface area contributed by atoms with Gasteiger partial charge in [-0.05, 0) is 41.5 Å². The van der Waals surface area contributed by atoms with Gasteiger partial charge in [0.15, 0.2) is 5.37 Å². The van der Waals surface area contributed by atoms with Gasteiger partial charge in [-0.2, -0.15) is 0 Å². The van der Waals surface area contributed by atoms with Gasteiger partial charge in [-0.3, -0.25) is 9.69 Å². The molecule has 4 nitrogen and oxygen atoms in total. The number of sulfone groups is 1. The highest BCUT2D eigenvalue weighted by Gasteiger charge is 2.50. The van der Waals surface area contributed by atoms with Gasteiger partial charge < -0.3 is 0 Å². The number of hydrogen-bond acceptors (Lipinski definition) is 3. The molecule has 146 valence electrons. The lowest BCUT2D eigenvalue weighted by atomic mass is 10.1. The molecule has 0 unspecified atom stereocenters. The first-order chi connectivity index (χ1) is 13.9. The van der Waals surface area contributed by atoms with E-state index in [1.54, 1.807) is 72.8 Å². The van der Waals surface area contributed by atoms with E-state index in [0.29, 0.717) is 21.8 Å². The SMILES string of the molecule is O=C1/C(=C\c2ccc(Cl)cc2Cl)S(=O)(=O)[C@@H](c2ccccc2)N1c1ccccc1. The molecule has 0 bridgehead atoms. The zero-order chi connectivity index (χ0) is 20.6. The van der Waals surface area contributed by atoms with E-state index in [-0.39, 0.29) is 9.93 Å². The van der Waals surface area contributed by atoms with Crippen LogP contribution in [0.15, 0.2) is 83.8 Å². The van der Waals surface area contributed by atoms with Crippen LogP contribution in [0.25, 0.3) is 6.08 Å². The second-order valence-electron chi connectivity index (χ2n) is 6.49. The molecular weight excluding hydrogens is 429 g/mol. The first-order valence-corrected chi connectivity index (χ1v) is 11.0. The second-order valence-corrected chi connectivity index (χ2v) is 9.31. The lowest BCUT2D eigenvalue weighted by molar-refractivity contribution is -0.114. The quantitative estimate of drug-likeness (QED) is 0.502. The number of benzene rings is 3. The van der Waals surface area contributed by atoms with Crippen LogP contribution in [0.5, 0.6) is 0 Å². The van der Waals surface area contributed by atoms with Gasteiger partial charge in [0.25, 0.3) is 5.91 Å². The van der Waals surface area contributed by atoms with E-state index in [4.69, 9.17) is 23.2 Å². The Morgan fingerprint density at radius 3 is 2.10 bits per heavy atom. The molecule has 3 aromatic rings. The molecule has 0 aliphatic carbocycles. The van der Waals surface area contributed by atoms with Crippen LogP contribution in [-0.4, -0.2) is 14.3 Å². The molecule has 1 saturated heterocycles. The molecule has 0 N–H and O–H groups in total. The minimum atomic E-state index is -4.01. The van der Waals surface area contributed by atoms with E-state index in [2.05, 4.69) is 0 Å². The monoisotopic (exact) mass is 443 g/mol. The average Bonchev–Trinajstić information content (AvgIpc) is 2.91. The summed E-state index contributed by atoms with van der Waals surface area (Å²) in [7, 11) is -4.01. The summed E-state index contributed by atoms with van der Waals surface area (Å²) in [6, 6.07) is 22.1. The summed E-state index contributed by atoms with van der Waals surface area (Å²) in [5.41, 5.74) is 1.42. The van der Waals surface area contributed by atoms with Gasteiger partial charge in [0.2, 0.25) is 9.84 Å². The fourth-order valence-corrected chi connectivity index (χ4v) is 5.64. The van der Waals surface area contributed by atoms with Crippen LogP contribution >= 0.6 is 23.2 Å². The van der Waals surface area contributed by atoms with Crippen molar-refractivity contribution in [1.29, 1.82) is 0 Å². The number of para-hydroxylation sites is 1. The molecule has 0 radical (unpaired) electrons. The average molecular weight is 444 g/mol. The van der Waals surface area contributed by atoms with Crippen molar-refractivity contribution in [1.82, 2.24) is 0 Å². The number of carbonyl (C=O) groups excluding carboxylic acids is 1. The first kappa shape index (κ1) is 19.7. The Labute approximate surface area is 178 Å². The molecule has 0 aromatic heterocycles. The third-order valence-corrected chi connectivity index (χ3v) is 7.17. The molecule has 0 saturated carbocycles. The Hall–Kier alpha value is -2.60. The smallest absolute Gasteiger partial charge is 0.271 e. The van der Waals surface area contributed by atoms with Crippen molar-refractivity contribution in [2.45, 2.75) is 5.37 Å². The van der Waals surface area contributed by atoms with Crippen molar-refractivity contribution in [2.75, 3.05) is 4.90 Å². The summed E-state index contributed by atoms with van der Waals surface area (Å²) in [6.45, 7) is 0. The van der Waals surface area contributed by atoms with Crippen LogP contribution in [0, 0.1) is 0 Å². The van der Waals surface area contributed by atoms with E-state index >= 15 is 0 Å². The number of carbonyl (C=O) groups is 1. The molecular formula is C22H15Cl2NO3S. The lowest BCUT2D eigenvalue weighted by Crippen LogP contribution is -2.28. The zero-order valence-electron chi connectivity index (χ0n) is 15.0. The van der Waals surface area contributed by atoms with Crippen LogP contribution in [0.3, 0.4) is 0 Å². The second kappa shape index (κ2) is 7.67. The largest absolute Gasteiger partial charge is 0.286 e. The van der Waals surface area contributed by atoms with Crippen LogP contribution in [0.2, 0.25) is 10.0 Å². The number of anilines is 1. The van der Waals surface area contributed by atoms with Gasteiger partial charge in [-0.15, -0.1) is 0 Å². The zero-order valence-corrected chi connectivity index (χ0v) is 17.3. The van der Waals surface area contributed by atoms with Gasteiger partial charge in [0.1, 0.15) is 4.91 Å². The molecule has 7 heteroatoms. The van der Waals surface area contributed by atoms with Crippen LogP contribution in [-0.2, 0) is 14.6 Å². The minimum Gasteiger partial charge on any atom is -0.286 e. The maximum Gasteiger partial charge on any atom is 0.271 e. The van der Waals surface area contributed by atoms with Gasteiger partial charge >= 0.3 is 0 Å². The number of halogens is 2. The Balaban J connectivity index is 1.93. The molecule has 1 aliphatic heterocycles. The Bertz CT molecular complexity index is 1210. The Morgan fingerprint density at radius 1 is 0.862 bits per heavy atom. The molecule has 1 fully saturated rings. The standard InChI is InChI=1S/C22H15Cl2NO3S/c23-17-12-11-16(19(24)14-17)13-20-21(26)25(18-9-5-2-6-10-18)22(29(20,27)28)15-7-3-1-4-8-15/h1-14,22H/b20-13+/t22-/m0/s1. The highest BCUT2D eigenvalue weighted by atomic mass is 35.5. The van der Waals surface area contributed by atoms with E-state index in [1.807, 2.05) is 0 Å². The molecule has 1 aliphatic rings. The number of nitrogens with zero attached hydrogens (tertiary/aromatic N) is 1. The Kier molecular flexibility index (Phi) is 5.21.